The fraction of sp³-hybridized carbons (Fsp3) is 0.304. The molecule has 2 heterocycles. The molecular weight excluding hydrogens is 392 g/mol. The van der Waals surface area contributed by atoms with Crippen molar-refractivity contribution in [3.63, 3.8) is 0 Å². The van der Waals surface area contributed by atoms with Crippen LogP contribution in [0.25, 0.3) is 22.4 Å². The van der Waals surface area contributed by atoms with Crippen molar-refractivity contribution in [2.45, 2.75) is 46.3 Å². The number of carbonyl (C=O) groups is 1. The Labute approximate surface area is 180 Å². The lowest BCUT2D eigenvalue weighted by atomic mass is 10.2. The third-order valence-corrected chi connectivity index (χ3v) is 5.30. The van der Waals surface area contributed by atoms with Crippen LogP contribution >= 0.6 is 0 Å². The van der Waals surface area contributed by atoms with E-state index >= 15 is 0 Å². The number of aryl methyl sites for hydroxylation is 3. The molecule has 0 spiro atoms. The van der Waals surface area contributed by atoms with E-state index in [4.69, 9.17) is 0 Å². The van der Waals surface area contributed by atoms with E-state index in [9.17, 15) is 9.59 Å². The molecule has 4 aromatic rings. The second-order valence-corrected chi connectivity index (χ2v) is 7.39. The van der Waals surface area contributed by atoms with Gasteiger partial charge in [0.2, 0.25) is 5.91 Å². The number of nitrogens with one attached hydrogen (secondary N) is 1. The van der Waals surface area contributed by atoms with Crippen LogP contribution in [0.1, 0.15) is 26.7 Å². The lowest BCUT2D eigenvalue weighted by molar-refractivity contribution is -0.116. The number of carbonyl (C=O) groups excluding carboxylic acids is 1. The van der Waals surface area contributed by atoms with Crippen molar-refractivity contribution in [2.75, 3.05) is 5.32 Å². The van der Waals surface area contributed by atoms with Gasteiger partial charge in [0, 0.05) is 37.3 Å². The number of aromatic nitrogens is 5. The number of amides is 1. The van der Waals surface area contributed by atoms with Crippen LogP contribution in [0.2, 0.25) is 0 Å². The second-order valence-electron chi connectivity index (χ2n) is 7.39. The number of rotatable bonds is 8. The van der Waals surface area contributed by atoms with E-state index in [0.717, 1.165) is 35.4 Å². The maximum Gasteiger partial charge on any atom is 0.329 e. The summed E-state index contributed by atoms with van der Waals surface area (Å²) in [5.41, 5.74) is 3.26. The first kappa shape index (κ1) is 20.6. The minimum Gasteiger partial charge on any atom is -0.326 e. The first-order valence-corrected chi connectivity index (χ1v) is 10.6. The Morgan fingerprint density at radius 2 is 1.74 bits per heavy atom. The highest BCUT2D eigenvalue weighted by Gasteiger charge is 2.14. The molecule has 0 aliphatic carbocycles. The topological polar surface area (TPSA) is 86.7 Å². The van der Waals surface area contributed by atoms with Crippen molar-refractivity contribution in [1.82, 2.24) is 23.9 Å². The third-order valence-electron chi connectivity index (χ3n) is 5.30. The molecule has 2 aromatic heterocycles. The van der Waals surface area contributed by atoms with Gasteiger partial charge in [-0.2, -0.15) is 0 Å². The molecule has 2 aromatic carbocycles. The molecule has 0 saturated carbocycles. The maximum atomic E-state index is 12.9. The smallest absolute Gasteiger partial charge is 0.326 e. The normalized spacial score (nSPS) is 11.2. The van der Waals surface area contributed by atoms with Crippen molar-refractivity contribution in [3.05, 3.63) is 65.3 Å². The predicted octanol–water partition coefficient (Wildman–Crippen LogP) is 3.52. The maximum absolute atomic E-state index is 12.9. The van der Waals surface area contributed by atoms with Crippen LogP contribution in [0.15, 0.2) is 59.7 Å². The first-order valence-electron chi connectivity index (χ1n) is 10.6. The Balaban J connectivity index is 1.49. The highest BCUT2D eigenvalue weighted by atomic mass is 16.2. The number of fused-ring (bicyclic) bond motifs is 1. The molecule has 0 aliphatic heterocycles. The first-order chi connectivity index (χ1) is 15.1. The van der Waals surface area contributed by atoms with Crippen LogP contribution in [-0.4, -0.2) is 29.8 Å². The molecular formula is C23H26N6O2. The van der Waals surface area contributed by atoms with Gasteiger partial charge in [-0.1, -0.05) is 31.2 Å². The number of benzene rings is 2. The molecule has 4 rings (SSSR count). The lowest BCUT2D eigenvalue weighted by Crippen LogP contribution is -2.26. The molecule has 0 unspecified atom stereocenters. The molecule has 0 atom stereocenters. The van der Waals surface area contributed by atoms with Crippen LogP contribution in [0.4, 0.5) is 5.69 Å². The quantitative estimate of drug-likeness (QED) is 0.474. The molecule has 0 radical (unpaired) electrons. The number of hydrogen-bond acceptors (Lipinski definition) is 4. The van der Waals surface area contributed by atoms with Gasteiger partial charge in [-0.25, -0.2) is 4.79 Å². The van der Waals surface area contributed by atoms with E-state index in [1.165, 1.54) is 0 Å². The van der Waals surface area contributed by atoms with E-state index in [-0.39, 0.29) is 18.0 Å². The molecule has 0 aliphatic rings. The zero-order valence-corrected chi connectivity index (χ0v) is 17.8. The molecule has 160 valence electrons. The molecule has 0 bridgehead atoms. The average molecular weight is 419 g/mol. The monoisotopic (exact) mass is 418 g/mol. The Morgan fingerprint density at radius 1 is 1.00 bits per heavy atom. The summed E-state index contributed by atoms with van der Waals surface area (Å²) in [5.74, 6) is 0.613. The van der Waals surface area contributed by atoms with Gasteiger partial charge in [0.05, 0.1) is 11.0 Å². The average Bonchev–Trinajstić information content (AvgIpc) is 3.36. The Hall–Kier alpha value is -3.68. The van der Waals surface area contributed by atoms with Gasteiger partial charge in [-0.15, -0.1) is 10.2 Å². The molecule has 1 amide bonds. The van der Waals surface area contributed by atoms with Crippen molar-refractivity contribution in [3.8, 4) is 11.4 Å². The Kier molecular flexibility index (Phi) is 5.97. The van der Waals surface area contributed by atoms with Gasteiger partial charge in [0.25, 0.3) is 0 Å². The summed E-state index contributed by atoms with van der Waals surface area (Å²) >= 11 is 0. The number of anilines is 1. The fourth-order valence-corrected chi connectivity index (χ4v) is 3.81. The van der Waals surface area contributed by atoms with E-state index in [1.54, 1.807) is 15.5 Å². The summed E-state index contributed by atoms with van der Waals surface area (Å²) in [4.78, 5) is 25.5. The molecule has 0 saturated heterocycles. The molecule has 1 N–H and O–H groups in total. The van der Waals surface area contributed by atoms with Crippen LogP contribution < -0.4 is 11.0 Å². The Morgan fingerprint density at radius 3 is 2.45 bits per heavy atom. The van der Waals surface area contributed by atoms with E-state index in [0.29, 0.717) is 18.8 Å². The van der Waals surface area contributed by atoms with Crippen molar-refractivity contribution < 1.29 is 4.79 Å². The van der Waals surface area contributed by atoms with Crippen molar-refractivity contribution in [1.29, 1.82) is 0 Å². The van der Waals surface area contributed by atoms with Crippen LogP contribution in [0, 0.1) is 0 Å². The summed E-state index contributed by atoms with van der Waals surface area (Å²) in [5, 5.41) is 11.1. The zero-order valence-electron chi connectivity index (χ0n) is 17.8. The molecule has 8 nitrogen and oxygen atoms in total. The van der Waals surface area contributed by atoms with Crippen molar-refractivity contribution in [2.24, 2.45) is 0 Å². The lowest BCUT2D eigenvalue weighted by Gasteiger charge is -2.08. The third kappa shape index (κ3) is 4.14. The summed E-state index contributed by atoms with van der Waals surface area (Å²) in [6.07, 6.45) is 2.76. The number of imidazole rings is 1. The minimum absolute atomic E-state index is 0.0725. The van der Waals surface area contributed by atoms with Gasteiger partial charge < -0.3 is 9.88 Å². The summed E-state index contributed by atoms with van der Waals surface area (Å²) in [6.45, 7) is 5.82. The highest BCUT2D eigenvalue weighted by molar-refractivity contribution is 5.91. The number of nitrogens with zero attached hydrogens (tertiary/aromatic N) is 5. The van der Waals surface area contributed by atoms with Crippen molar-refractivity contribution >= 4 is 22.6 Å². The van der Waals surface area contributed by atoms with Gasteiger partial charge in [-0.05, 0) is 37.6 Å². The highest BCUT2D eigenvalue weighted by Crippen LogP contribution is 2.21. The van der Waals surface area contributed by atoms with Gasteiger partial charge in [-0.3, -0.25) is 13.9 Å². The SMILES string of the molecule is CCCn1c(=O)n(CCC(=O)Nc2cccc(-c3nncn3CC)c2)c2ccccc21. The van der Waals surface area contributed by atoms with E-state index < -0.39 is 0 Å². The van der Waals surface area contributed by atoms with E-state index in [1.807, 2.05) is 66.9 Å². The summed E-state index contributed by atoms with van der Waals surface area (Å²) < 4.78 is 5.41. The molecule has 31 heavy (non-hydrogen) atoms. The van der Waals surface area contributed by atoms with Crippen LogP contribution in [-0.2, 0) is 24.4 Å². The molecule has 8 heteroatoms. The standard InChI is InChI=1S/C23H26N6O2/c1-3-13-28-19-10-5-6-11-20(19)29(23(28)31)14-12-21(30)25-18-9-7-8-17(15-18)22-26-24-16-27(22)4-2/h5-11,15-16H,3-4,12-14H2,1-2H3,(H,25,30). The summed E-state index contributed by atoms with van der Waals surface area (Å²) in [7, 11) is 0. The number of hydrogen-bond donors (Lipinski definition) is 1. The predicted molar refractivity (Wildman–Crippen MR) is 121 cm³/mol. The molecule has 0 fully saturated rings. The zero-order chi connectivity index (χ0) is 21.8. The van der Waals surface area contributed by atoms with Gasteiger partial charge in [0.15, 0.2) is 5.82 Å². The fourth-order valence-electron chi connectivity index (χ4n) is 3.81. The van der Waals surface area contributed by atoms with Crippen LogP contribution in [0.3, 0.4) is 0 Å². The minimum atomic E-state index is -0.145. The van der Waals surface area contributed by atoms with Gasteiger partial charge >= 0.3 is 5.69 Å². The van der Waals surface area contributed by atoms with Gasteiger partial charge in [0.1, 0.15) is 6.33 Å². The number of para-hydroxylation sites is 2. The van der Waals surface area contributed by atoms with E-state index in [2.05, 4.69) is 15.5 Å². The van der Waals surface area contributed by atoms with Crippen LogP contribution in [0.5, 0.6) is 0 Å². The second kappa shape index (κ2) is 8.99. The Bertz CT molecular complexity index is 1270. The summed E-state index contributed by atoms with van der Waals surface area (Å²) in [6, 6.07) is 15.3. The largest absolute Gasteiger partial charge is 0.329 e.